The largest absolute Gasteiger partial charge is 0.311 e. The van der Waals surface area contributed by atoms with Crippen LogP contribution in [0, 0.1) is 0 Å². The van der Waals surface area contributed by atoms with Crippen LogP contribution in [0.15, 0.2) is 0 Å². The van der Waals surface area contributed by atoms with Gasteiger partial charge < -0.3 is 10.2 Å². The summed E-state index contributed by atoms with van der Waals surface area (Å²) in [4.78, 5) is 2.45. The summed E-state index contributed by atoms with van der Waals surface area (Å²) in [6.07, 6.45) is 3.85. The van der Waals surface area contributed by atoms with E-state index in [1.807, 2.05) is 0 Å². The first kappa shape index (κ1) is 11.0. The molecule has 3 atom stereocenters. The molecule has 1 saturated heterocycles. The number of piperidine rings is 1. The fourth-order valence-electron chi connectivity index (χ4n) is 1.96. The number of likely N-dealkylation sites (tertiary alicyclic amines) is 1. The minimum Gasteiger partial charge on any atom is -0.311 e. The summed E-state index contributed by atoms with van der Waals surface area (Å²) in [6, 6.07) is 2.18. The van der Waals surface area contributed by atoms with E-state index in [1.54, 1.807) is 0 Å². The SMILES string of the molecule is CCC(C)NC1CCN(C)C(C)C1. The average Bonchev–Trinajstić information content (AvgIpc) is 2.11. The maximum Gasteiger partial charge on any atom is 0.00964 e. The highest BCUT2D eigenvalue weighted by Gasteiger charge is 2.22. The standard InChI is InChI=1S/C11H24N2/c1-5-9(2)12-11-6-7-13(4)10(3)8-11/h9-12H,5-8H2,1-4H3. The van der Waals surface area contributed by atoms with Gasteiger partial charge in [0.2, 0.25) is 0 Å². The molecular formula is C11H24N2. The zero-order valence-corrected chi connectivity index (χ0v) is 9.51. The molecular weight excluding hydrogens is 160 g/mol. The quantitative estimate of drug-likeness (QED) is 0.720. The highest BCUT2D eigenvalue weighted by molar-refractivity contribution is 4.82. The Morgan fingerprint density at radius 2 is 2.23 bits per heavy atom. The second kappa shape index (κ2) is 4.97. The third kappa shape index (κ3) is 3.28. The molecule has 0 amide bonds. The van der Waals surface area contributed by atoms with Crippen molar-refractivity contribution >= 4 is 0 Å². The monoisotopic (exact) mass is 184 g/mol. The molecule has 1 heterocycles. The van der Waals surface area contributed by atoms with Crippen molar-refractivity contribution in [2.75, 3.05) is 13.6 Å². The summed E-state index contributed by atoms with van der Waals surface area (Å²) in [7, 11) is 2.23. The summed E-state index contributed by atoms with van der Waals surface area (Å²) in [5.74, 6) is 0. The van der Waals surface area contributed by atoms with Crippen molar-refractivity contribution < 1.29 is 0 Å². The number of nitrogens with zero attached hydrogens (tertiary/aromatic N) is 1. The fourth-order valence-corrected chi connectivity index (χ4v) is 1.96. The molecule has 13 heavy (non-hydrogen) atoms. The minimum absolute atomic E-state index is 0.681. The highest BCUT2D eigenvalue weighted by atomic mass is 15.1. The van der Waals surface area contributed by atoms with E-state index in [0.29, 0.717) is 6.04 Å². The van der Waals surface area contributed by atoms with Crippen LogP contribution in [0.5, 0.6) is 0 Å². The predicted octanol–water partition coefficient (Wildman–Crippen LogP) is 1.86. The number of nitrogens with one attached hydrogen (secondary N) is 1. The molecule has 0 aromatic heterocycles. The lowest BCUT2D eigenvalue weighted by atomic mass is 9.98. The van der Waals surface area contributed by atoms with E-state index in [0.717, 1.165) is 12.1 Å². The van der Waals surface area contributed by atoms with E-state index in [2.05, 4.69) is 38.0 Å². The summed E-state index contributed by atoms with van der Waals surface area (Å²) < 4.78 is 0. The van der Waals surface area contributed by atoms with Gasteiger partial charge >= 0.3 is 0 Å². The van der Waals surface area contributed by atoms with Crippen molar-refractivity contribution in [2.45, 2.75) is 58.2 Å². The zero-order chi connectivity index (χ0) is 9.84. The second-order valence-corrected chi connectivity index (χ2v) is 4.53. The molecule has 3 unspecified atom stereocenters. The number of hydrogen-bond donors (Lipinski definition) is 1. The normalized spacial score (nSPS) is 33.2. The lowest BCUT2D eigenvalue weighted by Gasteiger charge is -2.36. The molecule has 0 saturated carbocycles. The Hall–Kier alpha value is -0.0800. The Morgan fingerprint density at radius 3 is 2.77 bits per heavy atom. The molecule has 0 spiro atoms. The van der Waals surface area contributed by atoms with Gasteiger partial charge in [0.25, 0.3) is 0 Å². The van der Waals surface area contributed by atoms with E-state index in [9.17, 15) is 0 Å². The molecule has 1 aliphatic heterocycles. The maximum absolute atomic E-state index is 3.69. The number of rotatable bonds is 3. The van der Waals surface area contributed by atoms with E-state index in [-0.39, 0.29) is 0 Å². The zero-order valence-electron chi connectivity index (χ0n) is 9.51. The van der Waals surface area contributed by atoms with Gasteiger partial charge in [-0.1, -0.05) is 6.92 Å². The molecule has 78 valence electrons. The third-order valence-corrected chi connectivity index (χ3v) is 3.34. The molecule has 0 radical (unpaired) electrons. The van der Waals surface area contributed by atoms with E-state index >= 15 is 0 Å². The Morgan fingerprint density at radius 1 is 1.54 bits per heavy atom. The summed E-state index contributed by atoms with van der Waals surface area (Å²) in [6.45, 7) is 8.10. The first-order valence-electron chi connectivity index (χ1n) is 5.59. The van der Waals surface area contributed by atoms with Gasteiger partial charge in [-0.3, -0.25) is 0 Å². The smallest absolute Gasteiger partial charge is 0.00964 e. The van der Waals surface area contributed by atoms with Crippen molar-refractivity contribution in [2.24, 2.45) is 0 Å². The van der Waals surface area contributed by atoms with Gasteiger partial charge in [0.15, 0.2) is 0 Å². The van der Waals surface area contributed by atoms with Crippen LogP contribution < -0.4 is 5.32 Å². The van der Waals surface area contributed by atoms with Crippen LogP contribution >= 0.6 is 0 Å². The van der Waals surface area contributed by atoms with Gasteiger partial charge in [-0.05, 0) is 46.7 Å². The van der Waals surface area contributed by atoms with Gasteiger partial charge in [0.1, 0.15) is 0 Å². The van der Waals surface area contributed by atoms with Gasteiger partial charge in [-0.2, -0.15) is 0 Å². The van der Waals surface area contributed by atoms with E-state index in [4.69, 9.17) is 0 Å². The van der Waals surface area contributed by atoms with Crippen LogP contribution in [-0.4, -0.2) is 36.6 Å². The average molecular weight is 184 g/mol. The predicted molar refractivity (Wildman–Crippen MR) is 58.0 cm³/mol. The Labute approximate surface area is 82.7 Å². The molecule has 0 aromatic rings. The van der Waals surface area contributed by atoms with Crippen LogP contribution in [0.4, 0.5) is 0 Å². The molecule has 1 rings (SSSR count). The molecule has 0 bridgehead atoms. The third-order valence-electron chi connectivity index (χ3n) is 3.34. The minimum atomic E-state index is 0.681. The Balaban J connectivity index is 2.29. The highest BCUT2D eigenvalue weighted by Crippen LogP contribution is 2.15. The van der Waals surface area contributed by atoms with Gasteiger partial charge in [-0.25, -0.2) is 0 Å². The van der Waals surface area contributed by atoms with Crippen LogP contribution in [0.25, 0.3) is 0 Å². The Bertz CT molecular complexity index is 145. The van der Waals surface area contributed by atoms with E-state index < -0.39 is 0 Å². The van der Waals surface area contributed by atoms with E-state index in [1.165, 1.54) is 25.8 Å². The van der Waals surface area contributed by atoms with Crippen molar-refractivity contribution in [3.05, 3.63) is 0 Å². The van der Waals surface area contributed by atoms with Crippen LogP contribution in [-0.2, 0) is 0 Å². The van der Waals surface area contributed by atoms with Gasteiger partial charge in [-0.15, -0.1) is 0 Å². The van der Waals surface area contributed by atoms with Crippen molar-refractivity contribution in [1.82, 2.24) is 10.2 Å². The van der Waals surface area contributed by atoms with Gasteiger partial charge in [0, 0.05) is 18.1 Å². The molecule has 2 nitrogen and oxygen atoms in total. The van der Waals surface area contributed by atoms with Crippen LogP contribution in [0.1, 0.15) is 40.0 Å². The molecule has 1 N–H and O–H groups in total. The first-order chi connectivity index (χ1) is 6.13. The van der Waals surface area contributed by atoms with Crippen molar-refractivity contribution in [3.8, 4) is 0 Å². The van der Waals surface area contributed by atoms with Gasteiger partial charge in [0.05, 0.1) is 0 Å². The topological polar surface area (TPSA) is 15.3 Å². The fraction of sp³-hybridized carbons (Fsp3) is 1.00. The number of hydrogen-bond acceptors (Lipinski definition) is 2. The van der Waals surface area contributed by atoms with Crippen molar-refractivity contribution in [1.29, 1.82) is 0 Å². The molecule has 2 heteroatoms. The molecule has 0 aliphatic carbocycles. The summed E-state index contributed by atoms with van der Waals surface area (Å²) in [5, 5.41) is 3.69. The summed E-state index contributed by atoms with van der Waals surface area (Å²) >= 11 is 0. The lowest BCUT2D eigenvalue weighted by Crippen LogP contribution is -2.47. The first-order valence-corrected chi connectivity index (χ1v) is 5.59. The summed E-state index contributed by atoms with van der Waals surface area (Å²) in [5.41, 5.74) is 0. The molecule has 0 aromatic carbocycles. The Kier molecular flexibility index (Phi) is 4.20. The second-order valence-electron chi connectivity index (χ2n) is 4.53. The lowest BCUT2D eigenvalue weighted by molar-refractivity contribution is 0.163. The molecule has 1 fully saturated rings. The van der Waals surface area contributed by atoms with Crippen LogP contribution in [0.2, 0.25) is 0 Å². The van der Waals surface area contributed by atoms with Crippen molar-refractivity contribution in [3.63, 3.8) is 0 Å². The maximum atomic E-state index is 3.69. The van der Waals surface area contributed by atoms with Crippen LogP contribution in [0.3, 0.4) is 0 Å². The molecule has 1 aliphatic rings.